The molecule has 0 aliphatic heterocycles. The van der Waals surface area contributed by atoms with Gasteiger partial charge in [0.2, 0.25) is 5.95 Å². The van der Waals surface area contributed by atoms with Crippen LogP contribution < -0.4 is 5.73 Å². The minimum Gasteiger partial charge on any atom is -0.399 e. The Balaban J connectivity index is 2.32. The van der Waals surface area contributed by atoms with E-state index in [-0.39, 0.29) is 0 Å². The van der Waals surface area contributed by atoms with Gasteiger partial charge in [0.25, 0.3) is 0 Å². The fourth-order valence-electron chi connectivity index (χ4n) is 1.51. The number of benzene rings is 1. The van der Waals surface area contributed by atoms with Crippen molar-refractivity contribution in [1.29, 1.82) is 0 Å². The van der Waals surface area contributed by atoms with Gasteiger partial charge in [-0.05, 0) is 18.2 Å². The van der Waals surface area contributed by atoms with Crippen molar-refractivity contribution >= 4 is 16.7 Å². The summed E-state index contributed by atoms with van der Waals surface area (Å²) < 4.78 is 1.80. The molecule has 3 N–H and O–H groups in total. The van der Waals surface area contributed by atoms with Crippen molar-refractivity contribution in [3.63, 3.8) is 0 Å². The maximum atomic E-state index is 5.72. The van der Waals surface area contributed by atoms with Crippen molar-refractivity contribution in [2.75, 3.05) is 5.73 Å². The smallest absolute Gasteiger partial charge is 0.231 e. The van der Waals surface area contributed by atoms with E-state index in [9.17, 15) is 0 Å². The number of rotatable bonds is 1. The van der Waals surface area contributed by atoms with Crippen LogP contribution in [0.2, 0.25) is 0 Å². The van der Waals surface area contributed by atoms with Crippen molar-refractivity contribution in [3.8, 4) is 5.95 Å². The highest BCUT2D eigenvalue weighted by molar-refractivity contribution is 5.80. The third-order valence-electron chi connectivity index (χ3n) is 2.20. The van der Waals surface area contributed by atoms with Crippen molar-refractivity contribution in [2.24, 2.45) is 0 Å². The molecule has 0 saturated carbocycles. The van der Waals surface area contributed by atoms with Crippen LogP contribution in [-0.4, -0.2) is 24.7 Å². The van der Waals surface area contributed by atoms with Crippen LogP contribution in [-0.2, 0) is 0 Å². The van der Waals surface area contributed by atoms with Gasteiger partial charge in [-0.15, -0.1) is 0 Å². The van der Waals surface area contributed by atoms with E-state index in [1.807, 2.05) is 18.2 Å². The highest BCUT2D eigenvalue weighted by Crippen LogP contribution is 2.17. The molecule has 3 rings (SSSR count). The molecule has 74 valence electrons. The van der Waals surface area contributed by atoms with Crippen LogP contribution >= 0.6 is 0 Å². The zero-order valence-electron chi connectivity index (χ0n) is 7.75. The number of hydrogen-bond acceptors (Lipinski definition) is 4. The van der Waals surface area contributed by atoms with Gasteiger partial charge >= 0.3 is 0 Å². The average molecular weight is 200 g/mol. The number of fused-ring (bicyclic) bond motifs is 1. The van der Waals surface area contributed by atoms with E-state index in [2.05, 4.69) is 20.2 Å². The number of anilines is 1. The Labute approximate surface area is 84.8 Å². The number of nitrogens with one attached hydrogen (secondary N) is 1. The summed E-state index contributed by atoms with van der Waals surface area (Å²) >= 11 is 0. The molecule has 1 aromatic carbocycles. The third kappa shape index (κ3) is 1.15. The number of aromatic nitrogens is 5. The molecule has 0 radical (unpaired) electrons. The van der Waals surface area contributed by atoms with E-state index in [1.165, 1.54) is 6.33 Å². The zero-order valence-corrected chi connectivity index (χ0v) is 7.75. The molecule has 0 fully saturated rings. The molecular weight excluding hydrogens is 192 g/mol. The van der Waals surface area contributed by atoms with E-state index in [0.717, 1.165) is 11.0 Å². The second kappa shape index (κ2) is 2.81. The molecule has 2 aromatic heterocycles. The van der Waals surface area contributed by atoms with E-state index in [1.54, 1.807) is 10.9 Å². The van der Waals surface area contributed by atoms with Crippen molar-refractivity contribution in [2.45, 2.75) is 0 Å². The first-order valence-corrected chi connectivity index (χ1v) is 4.43. The summed E-state index contributed by atoms with van der Waals surface area (Å²) in [4.78, 5) is 8.29. The molecule has 0 amide bonds. The summed E-state index contributed by atoms with van der Waals surface area (Å²) in [6.45, 7) is 0. The largest absolute Gasteiger partial charge is 0.399 e. The third-order valence-corrected chi connectivity index (χ3v) is 2.20. The zero-order chi connectivity index (χ0) is 10.3. The fourth-order valence-corrected chi connectivity index (χ4v) is 1.51. The second-order valence-corrected chi connectivity index (χ2v) is 3.17. The SMILES string of the molecule is Nc1ccc2ncn(-c3ncn[nH]3)c2c1. The Morgan fingerprint density at radius 1 is 1.27 bits per heavy atom. The Bertz CT molecular complexity index is 594. The van der Waals surface area contributed by atoms with E-state index < -0.39 is 0 Å². The number of imidazole rings is 1. The summed E-state index contributed by atoms with van der Waals surface area (Å²) in [5.41, 5.74) is 8.20. The number of nitrogens with two attached hydrogens (primary N) is 1. The van der Waals surface area contributed by atoms with Gasteiger partial charge in [-0.3, -0.25) is 4.57 Å². The van der Waals surface area contributed by atoms with Gasteiger partial charge in [0.05, 0.1) is 11.0 Å². The number of hydrogen-bond donors (Lipinski definition) is 2. The summed E-state index contributed by atoms with van der Waals surface area (Å²) in [6, 6.07) is 5.54. The lowest BCUT2D eigenvalue weighted by molar-refractivity contribution is 0.953. The van der Waals surface area contributed by atoms with E-state index in [0.29, 0.717) is 11.6 Å². The first-order valence-electron chi connectivity index (χ1n) is 4.43. The number of H-pyrrole nitrogens is 1. The number of nitrogen functional groups attached to an aromatic ring is 1. The molecule has 6 heteroatoms. The molecule has 0 atom stereocenters. The predicted molar refractivity (Wildman–Crippen MR) is 55.4 cm³/mol. The molecule has 0 aliphatic rings. The molecule has 0 spiro atoms. The first kappa shape index (κ1) is 7.98. The number of aromatic amines is 1. The predicted octanol–water partition coefficient (Wildman–Crippen LogP) is 0.726. The Hall–Kier alpha value is -2.37. The summed E-state index contributed by atoms with van der Waals surface area (Å²) in [6.07, 6.45) is 3.14. The summed E-state index contributed by atoms with van der Waals surface area (Å²) in [5.74, 6) is 0.628. The Morgan fingerprint density at radius 2 is 2.20 bits per heavy atom. The average Bonchev–Trinajstić information content (AvgIpc) is 2.83. The molecule has 3 aromatic rings. The molecule has 6 nitrogen and oxygen atoms in total. The minimum atomic E-state index is 0.628. The van der Waals surface area contributed by atoms with Crippen LogP contribution in [0.5, 0.6) is 0 Å². The van der Waals surface area contributed by atoms with Gasteiger partial charge in [0, 0.05) is 5.69 Å². The standard InChI is InChI=1S/C9H8N6/c10-6-1-2-7-8(3-6)15(5-12-7)9-11-4-13-14-9/h1-5H,10H2,(H,11,13,14). The Kier molecular flexibility index (Phi) is 1.49. The Morgan fingerprint density at radius 3 is 3.00 bits per heavy atom. The highest BCUT2D eigenvalue weighted by Gasteiger charge is 2.06. The van der Waals surface area contributed by atoms with Crippen LogP contribution in [0.4, 0.5) is 5.69 Å². The molecule has 0 saturated heterocycles. The van der Waals surface area contributed by atoms with Gasteiger partial charge in [0.15, 0.2) is 0 Å². The van der Waals surface area contributed by atoms with Crippen molar-refractivity contribution in [3.05, 3.63) is 30.9 Å². The summed E-state index contributed by atoms with van der Waals surface area (Å²) in [7, 11) is 0. The maximum Gasteiger partial charge on any atom is 0.231 e. The van der Waals surface area contributed by atoms with Crippen LogP contribution in [0.3, 0.4) is 0 Å². The lowest BCUT2D eigenvalue weighted by Crippen LogP contribution is -1.95. The van der Waals surface area contributed by atoms with Gasteiger partial charge in [-0.25, -0.2) is 10.1 Å². The van der Waals surface area contributed by atoms with Crippen LogP contribution in [0.1, 0.15) is 0 Å². The van der Waals surface area contributed by atoms with Gasteiger partial charge in [-0.1, -0.05) is 0 Å². The van der Waals surface area contributed by atoms with Gasteiger partial charge in [0.1, 0.15) is 12.7 Å². The number of nitrogens with zero attached hydrogens (tertiary/aromatic N) is 4. The topological polar surface area (TPSA) is 85.4 Å². The molecule has 0 bridgehead atoms. The van der Waals surface area contributed by atoms with Crippen molar-refractivity contribution in [1.82, 2.24) is 24.7 Å². The molecule has 0 aliphatic carbocycles. The van der Waals surface area contributed by atoms with Gasteiger partial charge in [-0.2, -0.15) is 10.1 Å². The lowest BCUT2D eigenvalue weighted by atomic mass is 10.3. The normalized spacial score (nSPS) is 10.9. The van der Waals surface area contributed by atoms with Crippen LogP contribution in [0.25, 0.3) is 17.0 Å². The quantitative estimate of drug-likeness (QED) is 0.567. The first-order chi connectivity index (χ1) is 7.34. The minimum absolute atomic E-state index is 0.628. The monoisotopic (exact) mass is 200 g/mol. The second-order valence-electron chi connectivity index (χ2n) is 3.17. The van der Waals surface area contributed by atoms with Crippen LogP contribution in [0, 0.1) is 0 Å². The van der Waals surface area contributed by atoms with Crippen LogP contribution in [0.15, 0.2) is 30.9 Å². The molecule has 0 unspecified atom stereocenters. The van der Waals surface area contributed by atoms with Gasteiger partial charge < -0.3 is 5.73 Å². The highest BCUT2D eigenvalue weighted by atomic mass is 15.3. The molecule has 2 heterocycles. The molecule has 15 heavy (non-hydrogen) atoms. The molecular formula is C9H8N6. The van der Waals surface area contributed by atoms with Crippen molar-refractivity contribution < 1.29 is 0 Å². The lowest BCUT2D eigenvalue weighted by Gasteiger charge is -1.98. The maximum absolute atomic E-state index is 5.72. The van der Waals surface area contributed by atoms with E-state index >= 15 is 0 Å². The fraction of sp³-hybridized carbons (Fsp3) is 0. The summed E-state index contributed by atoms with van der Waals surface area (Å²) in [5, 5.41) is 6.56. The van der Waals surface area contributed by atoms with E-state index in [4.69, 9.17) is 5.73 Å².